The van der Waals surface area contributed by atoms with Crippen LogP contribution in [-0.4, -0.2) is 28.8 Å². The molecular formula is C16H16BrNO3. The van der Waals surface area contributed by atoms with Gasteiger partial charge in [-0.3, -0.25) is 4.79 Å². The van der Waals surface area contributed by atoms with Crippen molar-refractivity contribution in [3.05, 3.63) is 64.1 Å². The Bertz CT molecular complexity index is 616. The number of aliphatic hydroxyl groups excluding tert-OH is 1. The summed E-state index contributed by atoms with van der Waals surface area (Å²) in [5, 5.41) is 21.9. The van der Waals surface area contributed by atoms with Gasteiger partial charge in [0, 0.05) is 4.47 Å². The zero-order valence-electron chi connectivity index (χ0n) is 11.3. The van der Waals surface area contributed by atoms with Crippen LogP contribution in [0.5, 0.6) is 5.75 Å². The first kappa shape index (κ1) is 15.5. The molecule has 0 saturated heterocycles. The van der Waals surface area contributed by atoms with Crippen molar-refractivity contribution in [3.63, 3.8) is 0 Å². The monoisotopic (exact) mass is 349 g/mol. The van der Waals surface area contributed by atoms with Crippen LogP contribution in [0.4, 0.5) is 0 Å². The average molecular weight is 350 g/mol. The van der Waals surface area contributed by atoms with Crippen molar-refractivity contribution in [2.24, 2.45) is 0 Å². The van der Waals surface area contributed by atoms with Crippen LogP contribution in [0.1, 0.15) is 15.9 Å². The molecule has 2 aromatic rings. The molecule has 4 nitrogen and oxygen atoms in total. The summed E-state index contributed by atoms with van der Waals surface area (Å²) in [4.78, 5) is 12.1. The quantitative estimate of drug-likeness (QED) is 0.776. The van der Waals surface area contributed by atoms with E-state index in [0.29, 0.717) is 10.9 Å². The van der Waals surface area contributed by atoms with Crippen LogP contribution < -0.4 is 5.32 Å². The predicted octanol–water partition coefficient (Wildman–Crippen LogP) is 2.49. The van der Waals surface area contributed by atoms with E-state index >= 15 is 0 Å². The van der Waals surface area contributed by atoms with Gasteiger partial charge >= 0.3 is 0 Å². The molecule has 0 spiro atoms. The molecule has 5 heteroatoms. The lowest BCUT2D eigenvalue weighted by atomic mass is 10.1. The summed E-state index contributed by atoms with van der Waals surface area (Å²) < 4.78 is 0.694. The van der Waals surface area contributed by atoms with Gasteiger partial charge in [0.25, 0.3) is 5.91 Å². The van der Waals surface area contributed by atoms with E-state index in [1.54, 1.807) is 6.07 Å². The van der Waals surface area contributed by atoms with Gasteiger partial charge in [0.15, 0.2) is 0 Å². The number of carbonyl (C=O) groups excluding carboxylic acids is 1. The van der Waals surface area contributed by atoms with E-state index < -0.39 is 11.9 Å². The lowest BCUT2D eigenvalue weighted by Gasteiger charge is -2.17. The zero-order valence-corrected chi connectivity index (χ0v) is 12.9. The van der Waals surface area contributed by atoms with Crippen molar-refractivity contribution in [1.29, 1.82) is 0 Å². The second-order valence-corrected chi connectivity index (χ2v) is 5.62. The average Bonchev–Trinajstić information content (AvgIpc) is 2.47. The van der Waals surface area contributed by atoms with E-state index in [4.69, 9.17) is 0 Å². The number of phenols is 1. The Morgan fingerprint density at radius 3 is 2.52 bits per heavy atom. The van der Waals surface area contributed by atoms with Crippen LogP contribution in [0.2, 0.25) is 0 Å². The maximum atomic E-state index is 12.1. The second-order valence-electron chi connectivity index (χ2n) is 4.70. The highest BCUT2D eigenvalue weighted by atomic mass is 79.9. The number of halogens is 1. The third kappa shape index (κ3) is 4.31. The number of benzene rings is 2. The Labute approximate surface area is 131 Å². The molecule has 0 heterocycles. The minimum atomic E-state index is -0.407. The summed E-state index contributed by atoms with van der Waals surface area (Å²) in [5.41, 5.74) is 1.21. The Kier molecular flexibility index (Phi) is 5.36. The van der Waals surface area contributed by atoms with Crippen LogP contribution >= 0.6 is 15.9 Å². The second kappa shape index (κ2) is 7.24. The minimum absolute atomic E-state index is 0.0988. The molecule has 3 N–H and O–H groups in total. The molecule has 0 aromatic heterocycles. The van der Waals surface area contributed by atoms with Crippen molar-refractivity contribution in [1.82, 2.24) is 5.32 Å². The van der Waals surface area contributed by atoms with Gasteiger partial charge in [-0.15, -0.1) is 0 Å². The molecule has 0 aliphatic rings. The number of aromatic hydroxyl groups is 1. The highest BCUT2D eigenvalue weighted by Gasteiger charge is 2.16. The molecule has 0 unspecified atom stereocenters. The fourth-order valence-corrected chi connectivity index (χ4v) is 2.37. The standard InChI is InChI=1S/C16H16BrNO3/c17-12-6-7-14(15(20)9-12)16(21)18-13(10-19)8-11-4-2-1-3-5-11/h1-7,9,13,19-20H,8,10H2,(H,18,21)/t13-/m0/s1. The van der Waals surface area contributed by atoms with Gasteiger partial charge in [0.05, 0.1) is 18.2 Å². The zero-order chi connectivity index (χ0) is 15.2. The number of aliphatic hydroxyl groups is 1. The largest absolute Gasteiger partial charge is 0.507 e. The number of hydrogen-bond donors (Lipinski definition) is 3. The van der Waals surface area contributed by atoms with Gasteiger partial charge in [-0.1, -0.05) is 46.3 Å². The first-order valence-electron chi connectivity index (χ1n) is 6.54. The van der Waals surface area contributed by atoms with Gasteiger partial charge in [0.2, 0.25) is 0 Å². The lowest BCUT2D eigenvalue weighted by molar-refractivity contribution is 0.0914. The summed E-state index contributed by atoms with van der Waals surface area (Å²) in [6.45, 7) is -0.169. The fourth-order valence-electron chi connectivity index (χ4n) is 2.02. The molecular weight excluding hydrogens is 334 g/mol. The SMILES string of the molecule is O=C(N[C@H](CO)Cc1ccccc1)c1ccc(Br)cc1O. The lowest BCUT2D eigenvalue weighted by Crippen LogP contribution is -2.39. The van der Waals surface area contributed by atoms with Gasteiger partial charge in [-0.25, -0.2) is 0 Å². The number of amides is 1. The molecule has 1 atom stereocenters. The van der Waals surface area contributed by atoms with E-state index in [0.717, 1.165) is 5.56 Å². The molecule has 2 aromatic carbocycles. The summed E-state index contributed by atoms with van der Waals surface area (Å²) in [6, 6.07) is 13.9. The van der Waals surface area contributed by atoms with E-state index in [2.05, 4.69) is 21.2 Å². The first-order valence-corrected chi connectivity index (χ1v) is 7.33. The summed E-state index contributed by atoms with van der Waals surface area (Å²) >= 11 is 3.22. The molecule has 21 heavy (non-hydrogen) atoms. The van der Waals surface area contributed by atoms with E-state index in [9.17, 15) is 15.0 Å². The van der Waals surface area contributed by atoms with Gasteiger partial charge < -0.3 is 15.5 Å². The highest BCUT2D eigenvalue weighted by Crippen LogP contribution is 2.22. The number of phenolic OH excluding ortho intramolecular Hbond substituents is 1. The number of carbonyl (C=O) groups is 1. The maximum absolute atomic E-state index is 12.1. The minimum Gasteiger partial charge on any atom is -0.507 e. The van der Waals surface area contributed by atoms with Crippen molar-refractivity contribution < 1.29 is 15.0 Å². The van der Waals surface area contributed by atoms with Crippen molar-refractivity contribution in [2.45, 2.75) is 12.5 Å². The molecule has 0 radical (unpaired) electrons. The van der Waals surface area contributed by atoms with Gasteiger partial charge in [-0.05, 0) is 30.2 Å². The highest BCUT2D eigenvalue weighted by molar-refractivity contribution is 9.10. The third-order valence-corrected chi connectivity index (χ3v) is 3.58. The van der Waals surface area contributed by atoms with Crippen LogP contribution in [-0.2, 0) is 6.42 Å². The number of nitrogens with one attached hydrogen (secondary N) is 1. The van der Waals surface area contributed by atoms with Crippen LogP contribution in [0.15, 0.2) is 53.0 Å². The summed E-state index contributed by atoms with van der Waals surface area (Å²) in [7, 11) is 0. The Hall–Kier alpha value is -1.85. The topological polar surface area (TPSA) is 69.6 Å². The Morgan fingerprint density at radius 2 is 1.90 bits per heavy atom. The molecule has 0 aliphatic carbocycles. The smallest absolute Gasteiger partial charge is 0.255 e. The van der Waals surface area contributed by atoms with Gasteiger partial charge in [0.1, 0.15) is 5.75 Å². The molecule has 110 valence electrons. The molecule has 2 rings (SSSR count). The van der Waals surface area contributed by atoms with Crippen LogP contribution in [0, 0.1) is 0 Å². The molecule has 0 bridgehead atoms. The number of hydrogen-bond acceptors (Lipinski definition) is 3. The van der Waals surface area contributed by atoms with E-state index in [-0.39, 0.29) is 17.9 Å². The third-order valence-electron chi connectivity index (χ3n) is 3.08. The van der Waals surface area contributed by atoms with Crippen molar-refractivity contribution >= 4 is 21.8 Å². The van der Waals surface area contributed by atoms with Crippen molar-refractivity contribution in [3.8, 4) is 5.75 Å². The molecule has 0 saturated carbocycles. The first-order chi connectivity index (χ1) is 10.1. The Balaban J connectivity index is 2.06. The fraction of sp³-hybridized carbons (Fsp3) is 0.188. The normalized spacial score (nSPS) is 11.9. The molecule has 0 aliphatic heterocycles. The predicted molar refractivity (Wildman–Crippen MR) is 84.3 cm³/mol. The maximum Gasteiger partial charge on any atom is 0.255 e. The number of rotatable bonds is 5. The van der Waals surface area contributed by atoms with Crippen LogP contribution in [0.3, 0.4) is 0 Å². The molecule has 1 amide bonds. The van der Waals surface area contributed by atoms with Crippen LogP contribution in [0.25, 0.3) is 0 Å². The van der Waals surface area contributed by atoms with E-state index in [1.807, 2.05) is 30.3 Å². The Morgan fingerprint density at radius 1 is 1.19 bits per heavy atom. The van der Waals surface area contributed by atoms with E-state index in [1.165, 1.54) is 12.1 Å². The molecule has 0 fully saturated rings. The van der Waals surface area contributed by atoms with Gasteiger partial charge in [-0.2, -0.15) is 0 Å². The van der Waals surface area contributed by atoms with Crippen molar-refractivity contribution in [2.75, 3.05) is 6.61 Å². The summed E-state index contributed by atoms with van der Waals surface area (Å²) in [6.07, 6.45) is 0.528. The summed E-state index contributed by atoms with van der Waals surface area (Å²) in [5.74, 6) is -0.506.